The lowest BCUT2D eigenvalue weighted by Crippen LogP contribution is -2.46. The second kappa shape index (κ2) is 5.20. The SMILES string of the molecule is CC1CCN(C(=O)[C@@H]2C[C@H]2c2cncn2C)CC1CN. The third kappa shape index (κ3) is 2.35. The highest BCUT2D eigenvalue weighted by molar-refractivity contribution is 5.83. The molecular formula is C15H24N4O. The van der Waals surface area contributed by atoms with Crippen LogP contribution in [0.15, 0.2) is 12.5 Å². The molecule has 2 N–H and O–H groups in total. The summed E-state index contributed by atoms with van der Waals surface area (Å²) in [4.78, 5) is 18.8. The number of nitrogens with two attached hydrogens (primary N) is 1. The lowest BCUT2D eigenvalue weighted by Gasteiger charge is -2.36. The van der Waals surface area contributed by atoms with Gasteiger partial charge in [-0.2, -0.15) is 0 Å². The summed E-state index contributed by atoms with van der Waals surface area (Å²) in [5, 5.41) is 0. The third-order valence-electron chi connectivity index (χ3n) is 5.07. The van der Waals surface area contributed by atoms with Crippen molar-refractivity contribution in [2.45, 2.75) is 25.7 Å². The highest BCUT2D eigenvalue weighted by Crippen LogP contribution is 2.48. The van der Waals surface area contributed by atoms with Gasteiger partial charge in [-0.15, -0.1) is 0 Å². The quantitative estimate of drug-likeness (QED) is 0.894. The molecule has 1 aliphatic heterocycles. The fraction of sp³-hybridized carbons (Fsp3) is 0.733. The predicted octanol–water partition coefficient (Wildman–Crippen LogP) is 0.967. The number of imidazole rings is 1. The van der Waals surface area contributed by atoms with Crippen molar-refractivity contribution in [3.63, 3.8) is 0 Å². The Bertz CT molecular complexity index is 498. The standard InChI is InChI=1S/C15H24N4O/c1-10-3-4-19(8-11(10)6-16)15(20)13-5-12(13)14-7-17-9-18(14)2/h7,9-13H,3-6,8,16H2,1-2H3/t10?,11?,12-,13-/m1/s1. The number of likely N-dealkylation sites (tertiary alicyclic amines) is 1. The van der Waals surface area contributed by atoms with Crippen LogP contribution in [0.2, 0.25) is 0 Å². The van der Waals surface area contributed by atoms with Crippen LogP contribution in [0.3, 0.4) is 0 Å². The molecule has 0 spiro atoms. The van der Waals surface area contributed by atoms with Gasteiger partial charge in [-0.3, -0.25) is 4.79 Å². The molecule has 2 unspecified atom stereocenters. The number of hydrogen-bond acceptors (Lipinski definition) is 3. The van der Waals surface area contributed by atoms with Crippen LogP contribution in [-0.4, -0.2) is 40.0 Å². The first-order valence-corrected chi connectivity index (χ1v) is 7.57. The first-order valence-electron chi connectivity index (χ1n) is 7.57. The van der Waals surface area contributed by atoms with Crippen LogP contribution in [0.4, 0.5) is 0 Å². The molecule has 110 valence electrons. The molecule has 5 nitrogen and oxygen atoms in total. The van der Waals surface area contributed by atoms with E-state index in [0.717, 1.165) is 25.9 Å². The van der Waals surface area contributed by atoms with Crippen LogP contribution in [-0.2, 0) is 11.8 Å². The summed E-state index contributed by atoms with van der Waals surface area (Å²) in [5.74, 6) is 1.95. The molecule has 2 aliphatic rings. The number of hydrogen-bond donors (Lipinski definition) is 1. The van der Waals surface area contributed by atoms with Crippen molar-refractivity contribution < 1.29 is 4.79 Å². The predicted molar refractivity (Wildman–Crippen MR) is 77.0 cm³/mol. The van der Waals surface area contributed by atoms with Crippen LogP contribution < -0.4 is 5.73 Å². The Morgan fingerprint density at radius 2 is 2.35 bits per heavy atom. The largest absolute Gasteiger partial charge is 0.342 e. The Morgan fingerprint density at radius 1 is 1.55 bits per heavy atom. The smallest absolute Gasteiger partial charge is 0.226 e. The molecule has 4 atom stereocenters. The molecule has 2 fully saturated rings. The second-order valence-corrected chi connectivity index (χ2v) is 6.42. The molecule has 1 saturated carbocycles. The Kier molecular flexibility index (Phi) is 3.54. The molecule has 1 amide bonds. The number of carbonyl (C=O) groups excluding carboxylic acids is 1. The fourth-order valence-corrected chi connectivity index (χ4v) is 3.41. The van der Waals surface area contributed by atoms with Gasteiger partial charge in [0.2, 0.25) is 5.91 Å². The van der Waals surface area contributed by atoms with Gasteiger partial charge in [-0.25, -0.2) is 4.98 Å². The van der Waals surface area contributed by atoms with Gasteiger partial charge in [0.05, 0.1) is 6.33 Å². The molecule has 1 saturated heterocycles. The zero-order valence-electron chi connectivity index (χ0n) is 12.3. The number of piperidine rings is 1. The van der Waals surface area contributed by atoms with E-state index in [-0.39, 0.29) is 5.92 Å². The molecular weight excluding hydrogens is 252 g/mol. The average molecular weight is 276 g/mol. The maximum atomic E-state index is 12.6. The van der Waals surface area contributed by atoms with Crippen LogP contribution in [0.1, 0.15) is 31.4 Å². The molecule has 20 heavy (non-hydrogen) atoms. The van der Waals surface area contributed by atoms with E-state index in [9.17, 15) is 4.79 Å². The van der Waals surface area contributed by atoms with Crippen molar-refractivity contribution in [2.24, 2.45) is 30.5 Å². The Morgan fingerprint density at radius 3 is 3.00 bits per heavy atom. The number of aryl methyl sites for hydroxylation is 1. The van der Waals surface area contributed by atoms with Gasteiger partial charge in [0.1, 0.15) is 0 Å². The summed E-state index contributed by atoms with van der Waals surface area (Å²) in [7, 11) is 2.00. The number of rotatable bonds is 3. The van der Waals surface area contributed by atoms with Crippen molar-refractivity contribution in [3.8, 4) is 0 Å². The zero-order chi connectivity index (χ0) is 14.3. The van der Waals surface area contributed by atoms with Gasteiger partial charge in [-0.1, -0.05) is 6.92 Å². The summed E-state index contributed by atoms with van der Waals surface area (Å²) in [6, 6.07) is 0. The zero-order valence-corrected chi connectivity index (χ0v) is 12.3. The van der Waals surface area contributed by atoms with Gasteiger partial charge in [0, 0.05) is 43.9 Å². The Balaban J connectivity index is 1.62. The van der Waals surface area contributed by atoms with Crippen LogP contribution in [0.25, 0.3) is 0 Å². The minimum Gasteiger partial charge on any atom is -0.342 e. The summed E-state index contributed by atoms with van der Waals surface area (Å²) in [6.07, 6.45) is 5.75. The van der Waals surface area contributed by atoms with Gasteiger partial charge in [0.15, 0.2) is 0 Å². The summed E-state index contributed by atoms with van der Waals surface area (Å²) < 4.78 is 2.03. The topological polar surface area (TPSA) is 64.2 Å². The summed E-state index contributed by atoms with van der Waals surface area (Å²) >= 11 is 0. The molecule has 0 aromatic carbocycles. The minimum absolute atomic E-state index is 0.164. The second-order valence-electron chi connectivity index (χ2n) is 6.42. The number of amides is 1. The maximum absolute atomic E-state index is 12.6. The molecule has 0 radical (unpaired) electrons. The van der Waals surface area contributed by atoms with Crippen molar-refractivity contribution in [3.05, 3.63) is 18.2 Å². The first-order chi connectivity index (χ1) is 9.61. The average Bonchev–Trinajstić information content (AvgIpc) is 3.13. The van der Waals surface area contributed by atoms with Gasteiger partial charge in [-0.05, 0) is 31.2 Å². The minimum atomic E-state index is 0.164. The van der Waals surface area contributed by atoms with Gasteiger partial charge < -0.3 is 15.2 Å². The maximum Gasteiger partial charge on any atom is 0.226 e. The normalized spacial score (nSPS) is 33.2. The van der Waals surface area contributed by atoms with E-state index in [1.54, 1.807) is 0 Å². The third-order valence-corrected chi connectivity index (χ3v) is 5.07. The van der Waals surface area contributed by atoms with E-state index in [4.69, 9.17) is 5.73 Å². The van der Waals surface area contributed by atoms with E-state index in [1.807, 2.05) is 29.0 Å². The van der Waals surface area contributed by atoms with E-state index >= 15 is 0 Å². The molecule has 0 bridgehead atoms. The van der Waals surface area contributed by atoms with Crippen LogP contribution in [0.5, 0.6) is 0 Å². The Labute approximate surface area is 120 Å². The number of aromatic nitrogens is 2. The van der Waals surface area contributed by atoms with E-state index in [2.05, 4.69) is 11.9 Å². The lowest BCUT2D eigenvalue weighted by molar-refractivity contribution is -0.135. The summed E-state index contributed by atoms with van der Waals surface area (Å²) in [5.41, 5.74) is 7.01. The molecule has 1 aromatic heterocycles. The van der Waals surface area contributed by atoms with Crippen molar-refractivity contribution in [2.75, 3.05) is 19.6 Å². The molecule has 2 heterocycles. The highest BCUT2D eigenvalue weighted by Gasteiger charge is 2.47. The monoisotopic (exact) mass is 276 g/mol. The van der Waals surface area contributed by atoms with Gasteiger partial charge >= 0.3 is 0 Å². The molecule has 3 rings (SSSR count). The highest BCUT2D eigenvalue weighted by atomic mass is 16.2. The van der Waals surface area contributed by atoms with Crippen molar-refractivity contribution in [1.29, 1.82) is 0 Å². The summed E-state index contributed by atoms with van der Waals surface area (Å²) in [6.45, 7) is 4.66. The van der Waals surface area contributed by atoms with E-state index < -0.39 is 0 Å². The fourth-order valence-electron chi connectivity index (χ4n) is 3.41. The molecule has 1 aliphatic carbocycles. The molecule has 1 aromatic rings. The van der Waals surface area contributed by atoms with E-state index in [0.29, 0.717) is 30.2 Å². The number of nitrogens with zero attached hydrogens (tertiary/aromatic N) is 3. The molecule has 5 heteroatoms. The van der Waals surface area contributed by atoms with Gasteiger partial charge in [0.25, 0.3) is 0 Å². The Hall–Kier alpha value is -1.36. The van der Waals surface area contributed by atoms with Crippen LogP contribution in [0, 0.1) is 17.8 Å². The van der Waals surface area contributed by atoms with Crippen molar-refractivity contribution in [1.82, 2.24) is 14.5 Å². The lowest BCUT2D eigenvalue weighted by atomic mass is 9.87. The van der Waals surface area contributed by atoms with E-state index in [1.165, 1.54) is 5.69 Å². The van der Waals surface area contributed by atoms with Crippen LogP contribution >= 0.6 is 0 Å². The number of carbonyl (C=O) groups is 1. The first kappa shape index (κ1) is 13.6. The van der Waals surface area contributed by atoms with Crippen molar-refractivity contribution >= 4 is 5.91 Å².